The molecule has 5 aromatic rings. The number of halogens is 1. The van der Waals surface area contributed by atoms with Gasteiger partial charge in [-0.25, -0.2) is 18.1 Å². The molecule has 1 atom stereocenters. The maximum atomic E-state index is 14.1. The number of amides is 1. The highest BCUT2D eigenvalue weighted by Gasteiger charge is 2.34. The van der Waals surface area contributed by atoms with E-state index in [2.05, 4.69) is 55.4 Å². The number of benzene rings is 3. The van der Waals surface area contributed by atoms with Crippen molar-refractivity contribution >= 4 is 55.5 Å². The number of allylic oxidation sites excluding steroid dienone is 1. The fraction of sp³-hybridized carbons (Fsp3) is 0.417. The molecule has 2 fully saturated rings. The van der Waals surface area contributed by atoms with Crippen LogP contribution in [0.15, 0.2) is 89.6 Å². The molecule has 1 amide bonds. The molecule has 0 bridgehead atoms. The van der Waals surface area contributed by atoms with E-state index in [9.17, 15) is 23.3 Å². The highest BCUT2D eigenvalue weighted by Crippen LogP contribution is 2.44. The number of pyridine rings is 1. The van der Waals surface area contributed by atoms with Gasteiger partial charge >= 0.3 is 0 Å². The smallest absolute Gasteiger partial charge is 0.274 e. The van der Waals surface area contributed by atoms with Crippen LogP contribution in [0.5, 0.6) is 11.5 Å². The molecule has 16 heteroatoms. The van der Waals surface area contributed by atoms with Crippen LogP contribution >= 0.6 is 11.6 Å². The van der Waals surface area contributed by atoms with E-state index >= 15 is 0 Å². The van der Waals surface area contributed by atoms with E-state index < -0.39 is 20.9 Å². The Hall–Kier alpha value is -5.32. The van der Waals surface area contributed by atoms with Gasteiger partial charge < -0.3 is 19.4 Å². The van der Waals surface area contributed by atoms with Crippen LogP contribution in [0.1, 0.15) is 66.6 Å². The van der Waals surface area contributed by atoms with Crippen molar-refractivity contribution in [3.05, 3.63) is 122 Å². The molecule has 3 aromatic carbocycles. The number of nitrogens with zero attached hydrogens (tertiary/aromatic N) is 5. The quantitative estimate of drug-likeness (QED) is 0.0864. The van der Waals surface area contributed by atoms with Crippen LogP contribution < -0.4 is 14.4 Å². The number of sulfonamides is 1. The van der Waals surface area contributed by atoms with Crippen LogP contribution in [0.4, 0.5) is 11.4 Å². The molecule has 64 heavy (non-hydrogen) atoms. The Balaban J connectivity index is 0.931. The van der Waals surface area contributed by atoms with E-state index in [4.69, 9.17) is 21.1 Å². The van der Waals surface area contributed by atoms with Crippen LogP contribution in [0.2, 0.25) is 5.02 Å². The topological polar surface area (TPSA) is 163 Å². The second-order valence-corrected chi connectivity index (χ2v) is 20.5. The number of aromatic nitrogens is 2. The largest absolute Gasteiger partial charge is 0.455 e. The minimum absolute atomic E-state index is 0.0131. The van der Waals surface area contributed by atoms with Crippen molar-refractivity contribution in [2.24, 2.45) is 11.3 Å². The van der Waals surface area contributed by atoms with Gasteiger partial charge in [0, 0.05) is 85.8 Å². The lowest BCUT2D eigenvalue weighted by Crippen LogP contribution is -2.47. The van der Waals surface area contributed by atoms with Gasteiger partial charge in [-0.3, -0.25) is 24.7 Å². The summed E-state index contributed by atoms with van der Waals surface area (Å²) < 4.78 is 42.0. The molecule has 2 aliphatic heterocycles. The number of aromatic amines is 1. The van der Waals surface area contributed by atoms with Gasteiger partial charge in [0.15, 0.2) is 0 Å². The van der Waals surface area contributed by atoms with Crippen molar-refractivity contribution in [1.82, 2.24) is 24.5 Å². The van der Waals surface area contributed by atoms with Crippen LogP contribution in [0, 0.1) is 21.4 Å². The summed E-state index contributed by atoms with van der Waals surface area (Å²) in [4.78, 5) is 40.1. The first kappa shape index (κ1) is 43.9. The first-order valence-electron chi connectivity index (χ1n) is 22.1. The summed E-state index contributed by atoms with van der Waals surface area (Å²) in [5, 5.41) is 13.8. The van der Waals surface area contributed by atoms with Crippen molar-refractivity contribution < 1.29 is 27.6 Å². The number of piperazine rings is 1. The van der Waals surface area contributed by atoms with Crippen molar-refractivity contribution in [2.75, 3.05) is 70.5 Å². The molecule has 0 spiro atoms. The predicted molar refractivity (Wildman–Crippen MR) is 248 cm³/mol. The number of hydrogen-bond donors (Lipinski definition) is 2. The van der Waals surface area contributed by atoms with E-state index in [1.807, 2.05) is 18.2 Å². The van der Waals surface area contributed by atoms with E-state index in [1.54, 1.807) is 36.7 Å². The van der Waals surface area contributed by atoms with E-state index in [0.717, 1.165) is 100 Å². The van der Waals surface area contributed by atoms with Gasteiger partial charge in [0.25, 0.3) is 21.6 Å². The number of rotatable bonds is 13. The molecule has 14 nitrogen and oxygen atoms in total. The number of nitro benzene ring substituents is 1. The summed E-state index contributed by atoms with van der Waals surface area (Å²) in [5.41, 5.74) is 6.76. The summed E-state index contributed by atoms with van der Waals surface area (Å²) in [6.45, 7) is 12.6. The number of fused-ring (bicyclic) bond motifs is 2. The Kier molecular flexibility index (Phi) is 12.5. The van der Waals surface area contributed by atoms with Gasteiger partial charge in [-0.1, -0.05) is 43.2 Å². The molecular weight excluding hydrogens is 854 g/mol. The zero-order chi connectivity index (χ0) is 44.6. The maximum absolute atomic E-state index is 14.1. The van der Waals surface area contributed by atoms with Crippen LogP contribution in [0.3, 0.4) is 0 Å². The average Bonchev–Trinajstić information content (AvgIpc) is 3.93. The normalized spacial score (nSPS) is 19.5. The molecular formula is C48H54ClN7O7S. The summed E-state index contributed by atoms with van der Waals surface area (Å²) in [6, 6.07) is 19.5. The minimum atomic E-state index is -4.55. The van der Waals surface area contributed by atoms with Gasteiger partial charge in [0.2, 0.25) is 0 Å². The van der Waals surface area contributed by atoms with Gasteiger partial charge in [0.05, 0.1) is 34.8 Å². The van der Waals surface area contributed by atoms with Crippen molar-refractivity contribution in [2.45, 2.75) is 57.3 Å². The second kappa shape index (κ2) is 18.3. The third kappa shape index (κ3) is 9.83. The van der Waals surface area contributed by atoms with E-state index in [1.165, 1.54) is 22.8 Å². The van der Waals surface area contributed by atoms with Crippen LogP contribution in [-0.4, -0.2) is 105 Å². The molecule has 0 radical (unpaired) electrons. The molecule has 2 aliphatic carbocycles. The first-order chi connectivity index (χ1) is 30.8. The average molecular weight is 909 g/mol. The minimum Gasteiger partial charge on any atom is -0.455 e. The van der Waals surface area contributed by atoms with E-state index in [0.29, 0.717) is 48.6 Å². The number of hydrogen-bond acceptors (Lipinski definition) is 11. The Labute approximate surface area is 378 Å². The highest BCUT2D eigenvalue weighted by atomic mass is 35.5. The van der Waals surface area contributed by atoms with Crippen molar-refractivity contribution in [1.29, 1.82) is 0 Å². The second-order valence-electron chi connectivity index (χ2n) is 18.4. The number of carbonyl (C=O) groups is 1. The monoisotopic (exact) mass is 907 g/mol. The Morgan fingerprint density at radius 3 is 2.55 bits per heavy atom. The zero-order valence-corrected chi connectivity index (χ0v) is 37.8. The Morgan fingerprint density at radius 1 is 1.00 bits per heavy atom. The fourth-order valence-corrected chi connectivity index (χ4v) is 10.9. The molecule has 2 N–H and O–H groups in total. The molecule has 4 aliphatic rings. The van der Waals surface area contributed by atoms with Crippen molar-refractivity contribution in [3.8, 4) is 11.5 Å². The summed E-state index contributed by atoms with van der Waals surface area (Å²) >= 11 is 6.25. The predicted octanol–water partition coefficient (Wildman–Crippen LogP) is 8.26. The zero-order valence-electron chi connectivity index (χ0n) is 36.3. The molecule has 2 aromatic heterocycles. The molecule has 336 valence electrons. The van der Waals surface area contributed by atoms with Gasteiger partial charge in [-0.15, -0.1) is 0 Å². The number of ether oxygens (including phenoxy) is 2. The molecule has 9 rings (SSSR count). The lowest BCUT2D eigenvalue weighted by atomic mass is 9.72. The van der Waals surface area contributed by atoms with Crippen LogP contribution in [0.25, 0.3) is 16.6 Å². The number of morpholine rings is 1. The van der Waals surface area contributed by atoms with Crippen LogP contribution in [-0.2, 0) is 27.6 Å². The summed E-state index contributed by atoms with van der Waals surface area (Å²) in [6.07, 6.45) is 8.36. The third-order valence-corrected chi connectivity index (χ3v) is 14.9. The lowest BCUT2D eigenvalue weighted by Gasteiger charge is -2.39. The van der Waals surface area contributed by atoms with Gasteiger partial charge in [-0.05, 0) is 116 Å². The number of carbonyl (C=O) groups excluding carboxylic acids is 1. The van der Waals surface area contributed by atoms with Gasteiger partial charge in [0.1, 0.15) is 17.1 Å². The fourth-order valence-electron chi connectivity index (χ4n) is 9.70. The first-order valence-corrected chi connectivity index (χ1v) is 24.0. The molecule has 0 saturated carbocycles. The number of nitrogens with one attached hydrogen (secondary N) is 2. The third-order valence-electron chi connectivity index (χ3n) is 13.3. The standard InChI is InChI=1S/C48H54ClN7O7S/c1-48(2)12-9-35(43(29-48)33-3-5-37(49)6-4-33)31-54-15-17-55(18-16-54)38-7-8-41(45(27-38)63-39-25-34-10-13-50-46(34)51-30-39)47(57)52-64(60,61)40-26-36-23-32(11-14-53-19-21-62-22-20-53)24-42(36)44(28-40)56(58)59/h3-8,10,13,25-28,30,32H,9,11-12,14-24,29,31H2,1-2H3,(H,50,51)(H,52,57)/t32-/m1/s1. The molecule has 2 saturated heterocycles. The Morgan fingerprint density at radius 2 is 1.78 bits per heavy atom. The van der Waals surface area contributed by atoms with Gasteiger partial charge in [-0.2, -0.15) is 0 Å². The summed E-state index contributed by atoms with van der Waals surface area (Å²) in [5.74, 6) is -0.270. The maximum Gasteiger partial charge on any atom is 0.274 e. The number of nitro groups is 1. The number of anilines is 1. The number of H-pyrrole nitrogens is 1. The molecule has 0 unspecified atom stereocenters. The SMILES string of the molecule is CC1(C)CCC(CN2CCN(c3ccc(C(=O)NS(=O)(=O)c4cc5c(c([N+](=O)[O-])c4)C[C@H](CCN4CCOCC4)C5)c(Oc4cnc5[nH]ccc5c4)c3)CC2)=C(c2ccc(Cl)cc2)C1. The highest BCUT2D eigenvalue weighted by molar-refractivity contribution is 7.90. The van der Waals surface area contributed by atoms with E-state index in [-0.39, 0.29) is 33.2 Å². The molecule has 4 heterocycles. The van der Waals surface area contributed by atoms with Crippen molar-refractivity contribution in [3.63, 3.8) is 0 Å². The lowest BCUT2D eigenvalue weighted by molar-refractivity contribution is -0.385. The summed E-state index contributed by atoms with van der Waals surface area (Å²) in [7, 11) is -4.55. The Bertz CT molecular complexity index is 2710.